The Balaban J connectivity index is 1.49. The molecule has 29 heavy (non-hydrogen) atoms. The van der Waals surface area contributed by atoms with Crippen LogP contribution in [-0.2, 0) is 11.3 Å². The highest BCUT2D eigenvalue weighted by molar-refractivity contribution is 7.99. The molecule has 0 aliphatic carbocycles. The monoisotopic (exact) mass is 429 g/mol. The van der Waals surface area contributed by atoms with E-state index in [2.05, 4.69) is 28.9 Å². The first-order valence-corrected chi connectivity index (χ1v) is 10.9. The SMILES string of the molecule is Cc1sc2nc(CN3CCOCC3)nc(Sc3nnc(-c4ccco4)o3)c2c1C. The maximum Gasteiger partial charge on any atom is 0.284 e. The van der Waals surface area contributed by atoms with E-state index in [1.165, 1.54) is 22.2 Å². The van der Waals surface area contributed by atoms with Gasteiger partial charge in [0.15, 0.2) is 5.76 Å². The Labute approximate surface area is 175 Å². The third-order valence-corrected chi connectivity index (χ3v) is 6.76. The van der Waals surface area contributed by atoms with Crippen molar-refractivity contribution in [1.29, 1.82) is 0 Å². The highest BCUT2D eigenvalue weighted by Gasteiger charge is 2.20. The zero-order valence-corrected chi connectivity index (χ0v) is 17.7. The maximum absolute atomic E-state index is 5.78. The van der Waals surface area contributed by atoms with E-state index in [1.54, 1.807) is 29.7 Å². The predicted octanol–water partition coefficient (Wildman–Crippen LogP) is 3.93. The number of thiophene rings is 1. The van der Waals surface area contributed by atoms with Crippen molar-refractivity contribution in [3.63, 3.8) is 0 Å². The van der Waals surface area contributed by atoms with Crippen LogP contribution in [0.1, 0.15) is 16.3 Å². The standard InChI is InChI=1S/C19H19N5O3S2/c1-11-12(2)28-17-15(11)18(21-14(20-17)10-24-5-8-25-9-6-24)29-19-23-22-16(27-19)13-4-3-7-26-13/h3-4,7H,5-6,8-10H2,1-2H3. The van der Waals surface area contributed by atoms with Crippen LogP contribution in [0.25, 0.3) is 21.9 Å². The smallest absolute Gasteiger partial charge is 0.284 e. The fourth-order valence-corrected chi connectivity index (χ4v) is 5.18. The number of furan rings is 1. The topological polar surface area (TPSA) is 90.3 Å². The van der Waals surface area contributed by atoms with E-state index in [9.17, 15) is 0 Å². The molecule has 5 rings (SSSR count). The molecule has 1 aliphatic heterocycles. The molecule has 1 aliphatic rings. The molecule has 0 atom stereocenters. The van der Waals surface area contributed by atoms with Crippen LogP contribution in [0, 0.1) is 13.8 Å². The Morgan fingerprint density at radius 1 is 1.17 bits per heavy atom. The number of nitrogens with zero attached hydrogens (tertiary/aromatic N) is 5. The second-order valence-electron chi connectivity index (χ2n) is 6.75. The number of aromatic nitrogens is 4. The van der Waals surface area contributed by atoms with Gasteiger partial charge < -0.3 is 13.6 Å². The van der Waals surface area contributed by atoms with Crippen molar-refractivity contribution in [2.24, 2.45) is 0 Å². The van der Waals surface area contributed by atoms with Crippen LogP contribution in [0.3, 0.4) is 0 Å². The van der Waals surface area contributed by atoms with Crippen LogP contribution in [0.5, 0.6) is 0 Å². The molecule has 0 radical (unpaired) electrons. The Morgan fingerprint density at radius 2 is 2.03 bits per heavy atom. The Bertz CT molecular complexity index is 1130. The third kappa shape index (κ3) is 3.80. The molecule has 5 heterocycles. The second-order valence-corrected chi connectivity index (χ2v) is 8.89. The van der Waals surface area contributed by atoms with Crippen molar-refractivity contribution < 1.29 is 13.6 Å². The number of morpholine rings is 1. The molecule has 1 fully saturated rings. The van der Waals surface area contributed by atoms with Gasteiger partial charge in [-0.05, 0) is 43.3 Å². The van der Waals surface area contributed by atoms with Crippen LogP contribution in [0.2, 0.25) is 0 Å². The molecule has 1 saturated heterocycles. The minimum atomic E-state index is 0.356. The maximum atomic E-state index is 5.78. The Morgan fingerprint density at radius 3 is 2.83 bits per heavy atom. The number of hydrogen-bond donors (Lipinski definition) is 0. The fraction of sp³-hybridized carbons (Fsp3) is 0.368. The van der Waals surface area contributed by atoms with Gasteiger partial charge in [-0.15, -0.1) is 21.5 Å². The first kappa shape index (κ1) is 18.7. The summed E-state index contributed by atoms with van der Waals surface area (Å²) in [5, 5.41) is 10.6. The quantitative estimate of drug-likeness (QED) is 0.438. The number of ether oxygens (including phenoxy) is 1. The van der Waals surface area contributed by atoms with Gasteiger partial charge in [-0.2, -0.15) is 0 Å². The average molecular weight is 430 g/mol. The van der Waals surface area contributed by atoms with E-state index >= 15 is 0 Å². The molecular weight excluding hydrogens is 410 g/mol. The summed E-state index contributed by atoms with van der Waals surface area (Å²) in [4.78, 5) is 14.2. The van der Waals surface area contributed by atoms with Crippen molar-refractivity contribution in [2.45, 2.75) is 30.6 Å². The van der Waals surface area contributed by atoms with Crippen LogP contribution in [0.4, 0.5) is 0 Å². The summed E-state index contributed by atoms with van der Waals surface area (Å²) in [5.41, 5.74) is 1.19. The summed E-state index contributed by atoms with van der Waals surface area (Å²) in [7, 11) is 0. The van der Waals surface area contributed by atoms with Gasteiger partial charge in [-0.1, -0.05) is 0 Å². The van der Waals surface area contributed by atoms with Crippen molar-refractivity contribution in [3.8, 4) is 11.7 Å². The van der Waals surface area contributed by atoms with Crippen LogP contribution in [-0.4, -0.2) is 51.4 Å². The number of hydrogen-bond acceptors (Lipinski definition) is 10. The fourth-order valence-electron chi connectivity index (χ4n) is 3.19. The van der Waals surface area contributed by atoms with Crippen molar-refractivity contribution in [3.05, 3.63) is 34.7 Å². The minimum absolute atomic E-state index is 0.356. The number of fused-ring (bicyclic) bond motifs is 1. The van der Waals surface area contributed by atoms with E-state index in [0.29, 0.717) is 23.4 Å². The Hall–Kier alpha value is -2.27. The van der Waals surface area contributed by atoms with E-state index in [0.717, 1.165) is 47.4 Å². The van der Waals surface area contributed by atoms with Gasteiger partial charge in [-0.3, -0.25) is 4.90 Å². The van der Waals surface area contributed by atoms with Gasteiger partial charge in [-0.25, -0.2) is 9.97 Å². The third-order valence-electron chi connectivity index (χ3n) is 4.83. The summed E-state index contributed by atoms with van der Waals surface area (Å²) in [6.07, 6.45) is 1.58. The molecule has 0 saturated carbocycles. The summed E-state index contributed by atoms with van der Waals surface area (Å²) in [5.74, 6) is 1.70. The van der Waals surface area contributed by atoms with Gasteiger partial charge >= 0.3 is 0 Å². The molecule has 10 heteroatoms. The molecular formula is C19H19N5O3S2. The lowest BCUT2D eigenvalue weighted by molar-refractivity contribution is 0.0330. The molecule has 4 aromatic rings. The lowest BCUT2D eigenvalue weighted by Crippen LogP contribution is -2.36. The number of aryl methyl sites for hydroxylation is 2. The Kier molecular flexibility index (Phi) is 5.08. The van der Waals surface area contributed by atoms with E-state index in [-0.39, 0.29) is 0 Å². The van der Waals surface area contributed by atoms with Crippen molar-refractivity contribution >= 4 is 33.3 Å². The zero-order chi connectivity index (χ0) is 19.8. The minimum Gasteiger partial charge on any atom is -0.459 e. The molecule has 150 valence electrons. The van der Waals surface area contributed by atoms with E-state index in [1.807, 2.05) is 0 Å². The molecule has 0 N–H and O–H groups in total. The van der Waals surface area contributed by atoms with Crippen molar-refractivity contribution in [2.75, 3.05) is 26.3 Å². The van der Waals surface area contributed by atoms with Gasteiger partial charge in [0.25, 0.3) is 11.1 Å². The zero-order valence-electron chi connectivity index (χ0n) is 16.0. The predicted molar refractivity (Wildman–Crippen MR) is 109 cm³/mol. The average Bonchev–Trinajstić information content (AvgIpc) is 3.44. The highest BCUT2D eigenvalue weighted by atomic mass is 32.2. The highest BCUT2D eigenvalue weighted by Crippen LogP contribution is 2.38. The molecule has 0 aromatic carbocycles. The second kappa shape index (κ2) is 7.86. The van der Waals surface area contributed by atoms with Gasteiger partial charge in [0.1, 0.15) is 15.7 Å². The van der Waals surface area contributed by atoms with Crippen LogP contribution < -0.4 is 0 Å². The molecule has 8 nitrogen and oxygen atoms in total. The molecule has 4 aromatic heterocycles. The molecule has 0 bridgehead atoms. The summed E-state index contributed by atoms with van der Waals surface area (Å²) >= 11 is 3.06. The molecule has 0 spiro atoms. The molecule has 0 amide bonds. The lowest BCUT2D eigenvalue weighted by Gasteiger charge is -2.25. The first-order chi connectivity index (χ1) is 14.2. The molecule has 0 unspecified atom stereocenters. The number of rotatable bonds is 5. The normalized spacial score (nSPS) is 15.4. The summed E-state index contributed by atoms with van der Waals surface area (Å²) in [6.45, 7) is 8.19. The largest absolute Gasteiger partial charge is 0.459 e. The van der Waals surface area contributed by atoms with Crippen LogP contribution in [0.15, 0.2) is 37.5 Å². The first-order valence-electron chi connectivity index (χ1n) is 9.29. The van der Waals surface area contributed by atoms with Gasteiger partial charge in [0, 0.05) is 23.4 Å². The van der Waals surface area contributed by atoms with E-state index in [4.69, 9.17) is 23.5 Å². The van der Waals surface area contributed by atoms with Gasteiger partial charge in [0.05, 0.1) is 26.0 Å². The van der Waals surface area contributed by atoms with Gasteiger partial charge in [0.2, 0.25) is 0 Å². The summed E-state index contributed by atoms with van der Waals surface area (Å²) < 4.78 is 16.6. The van der Waals surface area contributed by atoms with E-state index < -0.39 is 0 Å². The summed E-state index contributed by atoms with van der Waals surface area (Å²) in [6, 6.07) is 3.58. The van der Waals surface area contributed by atoms with Crippen molar-refractivity contribution in [1.82, 2.24) is 25.1 Å². The lowest BCUT2D eigenvalue weighted by atomic mass is 10.2. The van der Waals surface area contributed by atoms with Crippen LogP contribution >= 0.6 is 23.1 Å².